The van der Waals surface area contributed by atoms with E-state index in [1.807, 2.05) is 24.3 Å². The molecule has 1 aromatic rings. The summed E-state index contributed by atoms with van der Waals surface area (Å²) in [5.74, 6) is -0.310. The molecule has 1 saturated heterocycles. The van der Waals surface area contributed by atoms with Crippen LogP contribution in [-0.2, 0) is 14.4 Å². The van der Waals surface area contributed by atoms with E-state index in [1.54, 1.807) is 0 Å². The number of esters is 1. The van der Waals surface area contributed by atoms with E-state index in [9.17, 15) is 4.79 Å². The minimum atomic E-state index is -0.359. The molecule has 0 aliphatic carbocycles. The van der Waals surface area contributed by atoms with E-state index in [0.29, 0.717) is 5.02 Å². The van der Waals surface area contributed by atoms with Gasteiger partial charge in [-0.2, -0.15) is 5.06 Å². The molecule has 2 rings (SSSR count). The van der Waals surface area contributed by atoms with Crippen molar-refractivity contribution in [1.29, 1.82) is 0 Å². The molecule has 5 heteroatoms. The van der Waals surface area contributed by atoms with Crippen molar-refractivity contribution < 1.29 is 14.4 Å². The molecule has 4 nitrogen and oxygen atoms in total. The number of hydrogen-bond acceptors (Lipinski definition) is 4. The summed E-state index contributed by atoms with van der Waals surface area (Å²) in [6, 6.07) is 7.49. The molecule has 1 fully saturated rings. The van der Waals surface area contributed by atoms with Crippen LogP contribution < -0.4 is 0 Å². The number of halogens is 1. The van der Waals surface area contributed by atoms with Gasteiger partial charge in [0.15, 0.2) is 0 Å². The Hall–Kier alpha value is -1.10. The lowest BCUT2D eigenvalue weighted by Gasteiger charge is -2.52. The second-order valence-electron chi connectivity index (χ2n) is 7.72. The third kappa shape index (κ3) is 4.71. The van der Waals surface area contributed by atoms with Gasteiger partial charge in [0.2, 0.25) is 0 Å². The van der Waals surface area contributed by atoms with Crippen molar-refractivity contribution in [3.8, 4) is 0 Å². The van der Waals surface area contributed by atoms with Crippen LogP contribution in [0, 0.1) is 0 Å². The summed E-state index contributed by atoms with van der Waals surface area (Å²) in [6.07, 6.45) is 2.95. The average molecular weight is 354 g/mol. The predicted octanol–water partition coefficient (Wildman–Crippen LogP) is 4.92. The van der Waals surface area contributed by atoms with Gasteiger partial charge in [-0.05, 0) is 64.7 Å². The van der Waals surface area contributed by atoms with Crippen molar-refractivity contribution in [3.05, 3.63) is 34.9 Å². The van der Waals surface area contributed by atoms with Gasteiger partial charge in [-0.15, -0.1) is 0 Å². The molecular weight excluding hydrogens is 326 g/mol. The number of piperidine rings is 1. The van der Waals surface area contributed by atoms with Gasteiger partial charge in [0.1, 0.15) is 12.7 Å². The minimum Gasteiger partial charge on any atom is -0.463 e. The summed E-state index contributed by atoms with van der Waals surface area (Å²) in [5.41, 5.74) is 0.781. The fourth-order valence-corrected chi connectivity index (χ4v) is 3.57. The second-order valence-corrected chi connectivity index (χ2v) is 8.16. The van der Waals surface area contributed by atoms with E-state index < -0.39 is 0 Å². The third-order valence-electron chi connectivity index (χ3n) is 4.59. The maximum Gasteiger partial charge on any atom is 0.302 e. The molecule has 1 atom stereocenters. The maximum absolute atomic E-state index is 11.3. The first kappa shape index (κ1) is 19.2. The van der Waals surface area contributed by atoms with Crippen molar-refractivity contribution in [3.63, 3.8) is 0 Å². The molecule has 1 aliphatic rings. The van der Waals surface area contributed by atoms with Crippen LogP contribution >= 0.6 is 11.6 Å². The van der Waals surface area contributed by atoms with Gasteiger partial charge in [0.05, 0.1) is 0 Å². The number of ether oxygens (including phenoxy) is 1. The molecule has 0 radical (unpaired) electrons. The minimum absolute atomic E-state index is 0.0807. The topological polar surface area (TPSA) is 38.8 Å². The van der Waals surface area contributed by atoms with Crippen LogP contribution in [-0.4, -0.2) is 28.7 Å². The number of rotatable bonds is 5. The van der Waals surface area contributed by atoms with Crippen molar-refractivity contribution in [2.24, 2.45) is 0 Å². The summed E-state index contributed by atoms with van der Waals surface area (Å²) < 4.78 is 5.24. The molecule has 0 amide bonds. The van der Waals surface area contributed by atoms with Crippen LogP contribution in [0.3, 0.4) is 0 Å². The summed E-state index contributed by atoms with van der Waals surface area (Å²) in [4.78, 5) is 17.7. The van der Waals surface area contributed by atoms with Crippen LogP contribution in [0.5, 0.6) is 0 Å². The number of hydroxylamine groups is 2. The Balaban J connectivity index is 2.25. The molecular formula is C19H28ClNO3. The lowest BCUT2D eigenvalue weighted by atomic mass is 9.82. The third-order valence-corrected chi connectivity index (χ3v) is 4.84. The highest BCUT2D eigenvalue weighted by atomic mass is 35.5. The van der Waals surface area contributed by atoms with E-state index in [-0.39, 0.29) is 29.8 Å². The van der Waals surface area contributed by atoms with Gasteiger partial charge in [-0.3, -0.25) is 9.63 Å². The zero-order valence-corrected chi connectivity index (χ0v) is 16.0. The van der Waals surface area contributed by atoms with E-state index in [2.05, 4.69) is 32.8 Å². The van der Waals surface area contributed by atoms with Crippen LogP contribution in [0.1, 0.15) is 65.5 Å². The molecule has 0 bridgehead atoms. The van der Waals surface area contributed by atoms with Crippen LogP contribution in [0.25, 0.3) is 0 Å². The van der Waals surface area contributed by atoms with Gasteiger partial charge >= 0.3 is 5.97 Å². The van der Waals surface area contributed by atoms with Crippen LogP contribution in [0.15, 0.2) is 24.3 Å². The van der Waals surface area contributed by atoms with Gasteiger partial charge in [-0.25, -0.2) is 0 Å². The lowest BCUT2D eigenvalue weighted by molar-refractivity contribution is -0.311. The SMILES string of the molecule is CC(=O)OCC(ON1C(C)(C)CCCC1(C)C)c1ccc(Cl)cc1. The molecule has 1 heterocycles. The number of carbonyl (C=O) groups is 1. The van der Waals surface area contributed by atoms with Crippen LogP contribution in [0.2, 0.25) is 5.02 Å². The monoisotopic (exact) mass is 353 g/mol. The van der Waals surface area contributed by atoms with Gasteiger partial charge in [0, 0.05) is 23.0 Å². The van der Waals surface area contributed by atoms with E-state index in [1.165, 1.54) is 13.3 Å². The summed E-state index contributed by atoms with van der Waals surface area (Å²) >= 11 is 5.99. The zero-order chi connectivity index (χ0) is 18.0. The first-order chi connectivity index (χ1) is 11.1. The van der Waals surface area contributed by atoms with E-state index >= 15 is 0 Å². The largest absolute Gasteiger partial charge is 0.463 e. The van der Waals surface area contributed by atoms with Crippen molar-refractivity contribution in [2.75, 3.05) is 6.61 Å². The first-order valence-electron chi connectivity index (χ1n) is 8.48. The van der Waals surface area contributed by atoms with Crippen molar-refractivity contribution >= 4 is 17.6 Å². The molecule has 0 spiro atoms. The first-order valence-corrected chi connectivity index (χ1v) is 8.85. The summed E-state index contributed by atoms with van der Waals surface area (Å²) in [7, 11) is 0. The molecule has 0 N–H and O–H groups in total. The lowest BCUT2D eigenvalue weighted by Crippen LogP contribution is -2.58. The molecule has 1 aliphatic heterocycles. The molecule has 0 aromatic heterocycles. The van der Waals surface area contributed by atoms with Gasteiger partial charge in [-0.1, -0.05) is 23.7 Å². The van der Waals surface area contributed by atoms with Crippen molar-refractivity contribution in [2.45, 2.75) is 71.1 Å². The van der Waals surface area contributed by atoms with E-state index in [0.717, 1.165) is 18.4 Å². The number of nitrogens with zero attached hydrogens (tertiary/aromatic N) is 1. The molecule has 1 unspecified atom stereocenters. The fraction of sp³-hybridized carbons (Fsp3) is 0.632. The number of benzene rings is 1. The van der Waals surface area contributed by atoms with Crippen LogP contribution in [0.4, 0.5) is 0 Å². The average Bonchev–Trinajstić information content (AvgIpc) is 2.46. The highest BCUT2D eigenvalue weighted by Gasteiger charge is 2.43. The molecule has 24 heavy (non-hydrogen) atoms. The Morgan fingerprint density at radius 2 is 1.71 bits per heavy atom. The molecule has 0 saturated carbocycles. The highest BCUT2D eigenvalue weighted by Crippen LogP contribution is 2.40. The van der Waals surface area contributed by atoms with Gasteiger partial charge in [0.25, 0.3) is 0 Å². The standard InChI is InChI=1S/C19H28ClNO3/c1-14(22)23-13-17(15-7-9-16(20)10-8-15)24-21-18(2,3)11-6-12-19(21,4)5/h7-10,17H,6,11-13H2,1-5H3. The number of carbonyl (C=O) groups excluding carboxylic acids is 1. The Bertz CT molecular complexity index is 552. The second kappa shape index (κ2) is 7.42. The summed E-state index contributed by atoms with van der Waals surface area (Å²) in [5, 5.41) is 2.76. The number of hydrogen-bond donors (Lipinski definition) is 0. The normalized spacial score (nSPS) is 21.2. The Morgan fingerprint density at radius 1 is 1.17 bits per heavy atom. The Kier molecular flexibility index (Phi) is 5.95. The molecule has 134 valence electrons. The Morgan fingerprint density at radius 3 is 2.21 bits per heavy atom. The molecule has 1 aromatic carbocycles. The summed E-state index contributed by atoms with van der Waals surface area (Å²) in [6.45, 7) is 10.4. The smallest absolute Gasteiger partial charge is 0.302 e. The quantitative estimate of drug-likeness (QED) is 0.704. The van der Waals surface area contributed by atoms with Crippen molar-refractivity contribution in [1.82, 2.24) is 5.06 Å². The maximum atomic E-state index is 11.3. The Labute approximate surface area is 150 Å². The van der Waals surface area contributed by atoms with E-state index in [4.69, 9.17) is 21.2 Å². The highest BCUT2D eigenvalue weighted by molar-refractivity contribution is 6.30. The fourth-order valence-electron chi connectivity index (χ4n) is 3.45. The predicted molar refractivity (Wildman–Crippen MR) is 95.8 cm³/mol. The van der Waals surface area contributed by atoms with Gasteiger partial charge < -0.3 is 4.74 Å². The zero-order valence-electron chi connectivity index (χ0n) is 15.3.